The summed E-state index contributed by atoms with van der Waals surface area (Å²) in [7, 11) is 0. The molecule has 0 radical (unpaired) electrons. The van der Waals surface area contributed by atoms with Crippen LogP contribution in [0, 0.1) is 0 Å². The normalized spacial score (nSPS) is 10.4. The second-order valence-corrected chi connectivity index (χ2v) is 3.41. The number of hydrogen-bond donors (Lipinski definition) is 2. The van der Waals surface area contributed by atoms with Crippen LogP contribution in [0.2, 0.25) is 0 Å². The maximum absolute atomic E-state index is 11.6. The fourth-order valence-corrected chi connectivity index (χ4v) is 1.05. The smallest absolute Gasteiger partial charge is 0.261 e. The SMILES string of the molecule is CCCCNC(=S)NCCOCC(F)F. The summed E-state index contributed by atoms with van der Waals surface area (Å²) >= 11 is 4.94. The lowest BCUT2D eigenvalue weighted by atomic mass is 10.3. The van der Waals surface area contributed by atoms with Gasteiger partial charge in [-0.1, -0.05) is 13.3 Å². The molecular weight excluding hydrogens is 222 g/mol. The fraction of sp³-hybridized carbons (Fsp3) is 0.889. The molecule has 6 heteroatoms. The van der Waals surface area contributed by atoms with Gasteiger partial charge in [-0.2, -0.15) is 0 Å². The van der Waals surface area contributed by atoms with Crippen molar-refractivity contribution in [2.45, 2.75) is 26.2 Å². The lowest BCUT2D eigenvalue weighted by Crippen LogP contribution is -2.37. The number of alkyl halides is 2. The van der Waals surface area contributed by atoms with Crippen molar-refractivity contribution in [3.8, 4) is 0 Å². The molecule has 2 N–H and O–H groups in total. The highest BCUT2D eigenvalue weighted by atomic mass is 32.1. The minimum atomic E-state index is -2.40. The van der Waals surface area contributed by atoms with E-state index in [4.69, 9.17) is 12.2 Å². The second kappa shape index (κ2) is 10.0. The molecule has 0 atom stereocenters. The van der Waals surface area contributed by atoms with Gasteiger partial charge >= 0.3 is 0 Å². The average molecular weight is 240 g/mol. The van der Waals surface area contributed by atoms with Gasteiger partial charge in [0.1, 0.15) is 6.61 Å². The van der Waals surface area contributed by atoms with Gasteiger partial charge in [0, 0.05) is 13.1 Å². The van der Waals surface area contributed by atoms with Crippen molar-refractivity contribution in [2.75, 3.05) is 26.3 Å². The summed E-state index contributed by atoms with van der Waals surface area (Å²) in [5.74, 6) is 0. The minimum Gasteiger partial charge on any atom is -0.374 e. The Kier molecular flexibility index (Phi) is 9.71. The van der Waals surface area contributed by atoms with Gasteiger partial charge in [-0.25, -0.2) is 8.78 Å². The molecule has 0 aliphatic heterocycles. The third-order valence-corrected chi connectivity index (χ3v) is 1.88. The Morgan fingerprint density at radius 2 is 2.00 bits per heavy atom. The summed E-state index contributed by atoms with van der Waals surface area (Å²) in [5.41, 5.74) is 0. The van der Waals surface area contributed by atoms with Crippen molar-refractivity contribution < 1.29 is 13.5 Å². The summed E-state index contributed by atoms with van der Waals surface area (Å²) in [6.45, 7) is 3.10. The van der Waals surface area contributed by atoms with E-state index in [1.807, 2.05) is 0 Å². The molecule has 0 aliphatic rings. The second-order valence-electron chi connectivity index (χ2n) is 3.00. The Hall–Kier alpha value is -0.490. The van der Waals surface area contributed by atoms with Crippen LogP contribution in [0.3, 0.4) is 0 Å². The van der Waals surface area contributed by atoms with Gasteiger partial charge in [0.15, 0.2) is 5.11 Å². The highest BCUT2D eigenvalue weighted by Gasteiger charge is 2.01. The molecule has 90 valence electrons. The van der Waals surface area contributed by atoms with Gasteiger partial charge in [0.25, 0.3) is 6.43 Å². The molecule has 0 saturated heterocycles. The standard InChI is InChI=1S/C9H18F2N2OS/c1-2-3-4-12-9(15)13-5-6-14-7-8(10)11/h8H,2-7H2,1H3,(H2,12,13,15). The van der Waals surface area contributed by atoms with Crippen molar-refractivity contribution in [3.63, 3.8) is 0 Å². The maximum atomic E-state index is 11.6. The summed E-state index contributed by atoms with van der Waals surface area (Å²) < 4.78 is 28.0. The van der Waals surface area contributed by atoms with Crippen LogP contribution in [0.5, 0.6) is 0 Å². The number of thiocarbonyl (C=S) groups is 1. The van der Waals surface area contributed by atoms with Crippen LogP contribution in [0.25, 0.3) is 0 Å². The molecule has 0 bridgehead atoms. The van der Waals surface area contributed by atoms with E-state index >= 15 is 0 Å². The van der Waals surface area contributed by atoms with Crippen molar-refractivity contribution >= 4 is 17.3 Å². The predicted molar refractivity (Wildman–Crippen MR) is 60.3 cm³/mol. The molecule has 3 nitrogen and oxygen atoms in total. The Bertz CT molecular complexity index is 170. The lowest BCUT2D eigenvalue weighted by Gasteiger charge is -2.09. The monoisotopic (exact) mass is 240 g/mol. The number of halogens is 2. The van der Waals surface area contributed by atoms with Crippen LogP contribution in [-0.2, 0) is 4.74 Å². The van der Waals surface area contributed by atoms with Gasteiger partial charge < -0.3 is 15.4 Å². The molecular formula is C9H18F2N2OS. The zero-order valence-corrected chi connectivity index (χ0v) is 9.71. The molecule has 0 aromatic rings. The van der Waals surface area contributed by atoms with E-state index in [2.05, 4.69) is 22.3 Å². The highest BCUT2D eigenvalue weighted by Crippen LogP contribution is 1.91. The third-order valence-electron chi connectivity index (χ3n) is 1.59. The first-order chi connectivity index (χ1) is 7.16. The van der Waals surface area contributed by atoms with E-state index in [0.29, 0.717) is 11.7 Å². The molecule has 0 spiro atoms. The molecule has 0 aromatic heterocycles. The number of hydrogen-bond acceptors (Lipinski definition) is 2. The number of rotatable bonds is 8. The molecule has 15 heavy (non-hydrogen) atoms. The van der Waals surface area contributed by atoms with Gasteiger partial charge in [-0.15, -0.1) is 0 Å². The Morgan fingerprint density at radius 1 is 1.33 bits per heavy atom. The molecule has 0 amide bonds. The first-order valence-corrected chi connectivity index (χ1v) is 5.45. The van der Waals surface area contributed by atoms with Crippen LogP contribution >= 0.6 is 12.2 Å². The quantitative estimate of drug-likeness (QED) is 0.498. The molecule has 0 unspecified atom stereocenters. The van der Waals surface area contributed by atoms with E-state index in [1.54, 1.807) is 0 Å². The molecule has 0 aliphatic carbocycles. The van der Waals surface area contributed by atoms with Gasteiger partial charge in [0.05, 0.1) is 6.61 Å². The van der Waals surface area contributed by atoms with Crippen LogP contribution in [0.1, 0.15) is 19.8 Å². The summed E-state index contributed by atoms with van der Waals surface area (Å²) in [5, 5.41) is 6.41. The lowest BCUT2D eigenvalue weighted by molar-refractivity contribution is 0.0197. The first-order valence-electron chi connectivity index (χ1n) is 5.04. The Labute approximate surface area is 94.6 Å². The summed E-state index contributed by atoms with van der Waals surface area (Å²) in [6, 6.07) is 0. The topological polar surface area (TPSA) is 33.3 Å². The zero-order valence-electron chi connectivity index (χ0n) is 8.89. The van der Waals surface area contributed by atoms with Crippen LogP contribution in [0.15, 0.2) is 0 Å². The number of unbranched alkanes of at least 4 members (excludes halogenated alkanes) is 1. The van der Waals surface area contributed by atoms with Crippen LogP contribution in [0.4, 0.5) is 8.78 Å². The largest absolute Gasteiger partial charge is 0.374 e. The minimum absolute atomic E-state index is 0.236. The van der Waals surface area contributed by atoms with Crippen LogP contribution < -0.4 is 10.6 Å². The van der Waals surface area contributed by atoms with Gasteiger partial charge in [-0.3, -0.25) is 0 Å². The summed E-state index contributed by atoms with van der Waals surface area (Å²) in [6.07, 6.45) is -0.240. The summed E-state index contributed by atoms with van der Waals surface area (Å²) in [4.78, 5) is 0. The van der Waals surface area contributed by atoms with Crippen molar-refractivity contribution in [1.82, 2.24) is 10.6 Å². The fourth-order valence-electron chi connectivity index (χ4n) is 0.850. The Balaban J connectivity index is 3.17. The first kappa shape index (κ1) is 14.5. The molecule has 0 fully saturated rings. The van der Waals surface area contributed by atoms with Crippen molar-refractivity contribution in [2.24, 2.45) is 0 Å². The predicted octanol–water partition coefficient (Wildman–Crippen LogP) is 1.53. The van der Waals surface area contributed by atoms with Crippen LogP contribution in [-0.4, -0.2) is 37.8 Å². The molecule has 0 rings (SSSR count). The molecule has 0 saturated carbocycles. The van der Waals surface area contributed by atoms with Gasteiger partial charge in [-0.05, 0) is 18.6 Å². The van der Waals surface area contributed by atoms with E-state index in [-0.39, 0.29) is 6.61 Å². The maximum Gasteiger partial charge on any atom is 0.261 e. The van der Waals surface area contributed by atoms with E-state index in [0.717, 1.165) is 19.4 Å². The van der Waals surface area contributed by atoms with Gasteiger partial charge in [0.2, 0.25) is 0 Å². The van der Waals surface area contributed by atoms with E-state index in [1.165, 1.54) is 0 Å². The zero-order chi connectivity index (χ0) is 11.5. The highest BCUT2D eigenvalue weighted by molar-refractivity contribution is 7.80. The van der Waals surface area contributed by atoms with Crippen molar-refractivity contribution in [1.29, 1.82) is 0 Å². The third kappa shape index (κ3) is 11.4. The van der Waals surface area contributed by atoms with Crippen molar-refractivity contribution in [3.05, 3.63) is 0 Å². The Morgan fingerprint density at radius 3 is 2.60 bits per heavy atom. The van der Waals surface area contributed by atoms with E-state index in [9.17, 15) is 8.78 Å². The number of nitrogens with one attached hydrogen (secondary N) is 2. The molecule has 0 aromatic carbocycles. The molecule has 0 heterocycles. The van der Waals surface area contributed by atoms with E-state index < -0.39 is 13.0 Å². The number of ether oxygens (including phenoxy) is 1. The average Bonchev–Trinajstić information content (AvgIpc) is 2.17.